The lowest BCUT2D eigenvalue weighted by Gasteiger charge is -2.19. The summed E-state index contributed by atoms with van der Waals surface area (Å²) in [5.41, 5.74) is -0.416. The first kappa shape index (κ1) is 21.3. The van der Waals surface area contributed by atoms with Crippen LogP contribution in [0.4, 0.5) is 13.2 Å². The van der Waals surface area contributed by atoms with Gasteiger partial charge in [-0.15, -0.1) is 0 Å². The Kier molecular flexibility index (Phi) is 6.67. The first-order valence-corrected chi connectivity index (χ1v) is 9.31. The van der Waals surface area contributed by atoms with Crippen LogP contribution < -0.4 is 14.2 Å². The Morgan fingerprint density at radius 1 is 0.900 bits per heavy atom. The van der Waals surface area contributed by atoms with Crippen molar-refractivity contribution in [3.63, 3.8) is 0 Å². The van der Waals surface area contributed by atoms with Crippen LogP contribution in [0.1, 0.15) is 12.5 Å². The van der Waals surface area contributed by atoms with E-state index in [0.717, 1.165) is 6.07 Å². The van der Waals surface area contributed by atoms with Crippen LogP contribution in [0.3, 0.4) is 0 Å². The molecule has 156 valence electrons. The predicted molar refractivity (Wildman–Crippen MR) is 111 cm³/mol. The van der Waals surface area contributed by atoms with Crippen molar-refractivity contribution >= 4 is 10.8 Å². The van der Waals surface area contributed by atoms with Gasteiger partial charge in [0.15, 0.2) is 11.6 Å². The molecule has 3 aromatic carbocycles. The molecule has 30 heavy (non-hydrogen) atoms. The van der Waals surface area contributed by atoms with Crippen LogP contribution in [0.15, 0.2) is 79.4 Å². The van der Waals surface area contributed by atoms with Crippen molar-refractivity contribution in [3.8, 4) is 17.2 Å². The molecule has 6 heteroatoms. The zero-order valence-corrected chi connectivity index (χ0v) is 16.4. The monoisotopic (exact) mass is 414 g/mol. The Bertz CT molecular complexity index is 1040. The van der Waals surface area contributed by atoms with E-state index in [9.17, 15) is 13.2 Å². The summed E-state index contributed by atoms with van der Waals surface area (Å²) in [6.45, 7) is 6.04. The van der Waals surface area contributed by atoms with Crippen molar-refractivity contribution in [3.05, 3.63) is 90.8 Å². The molecule has 0 aliphatic rings. The van der Waals surface area contributed by atoms with Gasteiger partial charge in [-0.2, -0.15) is 8.78 Å². The van der Waals surface area contributed by atoms with Crippen LogP contribution in [-0.2, 0) is 6.11 Å². The Labute approximate surface area is 173 Å². The van der Waals surface area contributed by atoms with Crippen molar-refractivity contribution in [1.82, 2.24) is 0 Å². The molecule has 0 aromatic heterocycles. The maximum Gasteiger partial charge on any atom is 0.426 e. The summed E-state index contributed by atoms with van der Waals surface area (Å²) < 4.78 is 59.2. The zero-order valence-electron chi connectivity index (χ0n) is 16.4. The van der Waals surface area contributed by atoms with Gasteiger partial charge in [0.05, 0.1) is 5.56 Å². The fourth-order valence-corrected chi connectivity index (χ4v) is 2.73. The SMILES string of the molecule is C=CCOc1ccc(C(F)(F)Oc2cc3ccc(OC/C=C/C)cc3cc2F)cc1. The smallest absolute Gasteiger partial charge is 0.426 e. The highest BCUT2D eigenvalue weighted by Gasteiger charge is 2.35. The number of alkyl halides is 2. The highest BCUT2D eigenvalue weighted by Crippen LogP contribution is 2.36. The van der Waals surface area contributed by atoms with Gasteiger partial charge in [-0.1, -0.05) is 30.9 Å². The van der Waals surface area contributed by atoms with Gasteiger partial charge in [0, 0.05) is 0 Å². The van der Waals surface area contributed by atoms with Crippen molar-refractivity contribution in [2.75, 3.05) is 13.2 Å². The van der Waals surface area contributed by atoms with Crippen molar-refractivity contribution in [2.45, 2.75) is 13.0 Å². The van der Waals surface area contributed by atoms with Crippen LogP contribution in [0.2, 0.25) is 0 Å². The number of ether oxygens (including phenoxy) is 3. The average molecular weight is 414 g/mol. The molecule has 0 aliphatic carbocycles. The third-order valence-electron chi connectivity index (χ3n) is 4.24. The first-order chi connectivity index (χ1) is 14.4. The quantitative estimate of drug-likeness (QED) is 0.368. The molecule has 3 aromatic rings. The fourth-order valence-electron chi connectivity index (χ4n) is 2.73. The van der Waals surface area contributed by atoms with Gasteiger partial charge < -0.3 is 14.2 Å². The number of rotatable bonds is 9. The van der Waals surface area contributed by atoms with Crippen LogP contribution >= 0.6 is 0 Å². The van der Waals surface area contributed by atoms with Gasteiger partial charge in [-0.25, -0.2) is 4.39 Å². The summed E-state index contributed by atoms with van der Waals surface area (Å²) in [5, 5.41) is 1.07. The molecule has 0 spiro atoms. The molecule has 0 saturated heterocycles. The van der Waals surface area contributed by atoms with E-state index in [1.807, 2.05) is 19.1 Å². The average Bonchev–Trinajstić information content (AvgIpc) is 2.73. The number of hydrogen-bond donors (Lipinski definition) is 0. The van der Waals surface area contributed by atoms with Gasteiger partial charge in [0.1, 0.15) is 24.7 Å². The summed E-state index contributed by atoms with van der Waals surface area (Å²) in [6, 6.07) is 12.5. The standard InChI is InChI=1S/C24H21F3O3/c1-3-5-13-29-21-9-6-17-16-23(22(25)15-18(17)14-21)30-24(26,27)19-7-10-20(11-8-19)28-12-4-2/h3-11,14-16H,2,12-13H2,1H3/b5-3+. The summed E-state index contributed by atoms with van der Waals surface area (Å²) in [5.74, 6) is -0.461. The fraction of sp³-hybridized carbons (Fsp3) is 0.167. The van der Waals surface area contributed by atoms with E-state index in [4.69, 9.17) is 14.2 Å². The second-order valence-electron chi connectivity index (χ2n) is 6.41. The molecule has 0 saturated carbocycles. The molecule has 0 radical (unpaired) electrons. The lowest BCUT2D eigenvalue weighted by Crippen LogP contribution is -2.22. The Balaban J connectivity index is 1.80. The number of allylic oxidation sites excluding steroid dienone is 1. The number of fused-ring (bicyclic) bond motifs is 1. The summed E-state index contributed by atoms with van der Waals surface area (Å²) in [4.78, 5) is 0. The first-order valence-electron chi connectivity index (χ1n) is 9.31. The van der Waals surface area contributed by atoms with E-state index in [-0.39, 0.29) is 6.61 Å². The molecule has 0 atom stereocenters. The second kappa shape index (κ2) is 9.39. The molecule has 0 amide bonds. The predicted octanol–water partition coefficient (Wildman–Crippen LogP) is 6.63. The number of hydrogen-bond acceptors (Lipinski definition) is 3. The minimum absolute atomic E-state index is 0.261. The second-order valence-corrected chi connectivity index (χ2v) is 6.41. The molecule has 0 unspecified atom stereocenters. The highest BCUT2D eigenvalue weighted by molar-refractivity contribution is 5.85. The molecular weight excluding hydrogens is 393 g/mol. The zero-order chi connectivity index (χ0) is 21.6. The van der Waals surface area contributed by atoms with E-state index in [1.165, 1.54) is 30.3 Å². The number of halogens is 3. The van der Waals surface area contributed by atoms with Gasteiger partial charge >= 0.3 is 6.11 Å². The van der Waals surface area contributed by atoms with E-state index in [0.29, 0.717) is 28.9 Å². The summed E-state index contributed by atoms with van der Waals surface area (Å²) in [6.07, 6.45) is 1.51. The van der Waals surface area contributed by atoms with Crippen molar-refractivity contribution in [2.24, 2.45) is 0 Å². The Morgan fingerprint density at radius 2 is 1.60 bits per heavy atom. The van der Waals surface area contributed by atoms with E-state index < -0.39 is 23.2 Å². The van der Waals surface area contributed by atoms with Gasteiger partial charge in [-0.05, 0) is 66.2 Å². The minimum Gasteiger partial charge on any atom is -0.490 e. The summed E-state index contributed by atoms with van der Waals surface area (Å²) in [7, 11) is 0. The van der Waals surface area contributed by atoms with Crippen molar-refractivity contribution in [1.29, 1.82) is 0 Å². The maximum atomic E-state index is 14.6. The van der Waals surface area contributed by atoms with E-state index in [2.05, 4.69) is 6.58 Å². The van der Waals surface area contributed by atoms with Crippen LogP contribution in [0.25, 0.3) is 10.8 Å². The molecule has 0 heterocycles. The minimum atomic E-state index is -3.72. The van der Waals surface area contributed by atoms with E-state index >= 15 is 0 Å². The summed E-state index contributed by atoms with van der Waals surface area (Å²) >= 11 is 0. The molecular formula is C24H21F3O3. The topological polar surface area (TPSA) is 27.7 Å². The molecule has 0 N–H and O–H groups in total. The Morgan fingerprint density at radius 3 is 2.30 bits per heavy atom. The van der Waals surface area contributed by atoms with Crippen molar-refractivity contribution < 1.29 is 27.4 Å². The molecule has 0 aliphatic heterocycles. The Hall–Kier alpha value is -3.41. The van der Waals surface area contributed by atoms with E-state index in [1.54, 1.807) is 24.3 Å². The van der Waals surface area contributed by atoms with Crippen LogP contribution in [-0.4, -0.2) is 13.2 Å². The normalized spacial score (nSPS) is 11.6. The highest BCUT2D eigenvalue weighted by atomic mass is 19.3. The third kappa shape index (κ3) is 5.14. The molecule has 0 bridgehead atoms. The molecule has 3 rings (SSSR count). The largest absolute Gasteiger partial charge is 0.490 e. The van der Waals surface area contributed by atoms with Crippen LogP contribution in [0.5, 0.6) is 17.2 Å². The van der Waals surface area contributed by atoms with Crippen LogP contribution in [0, 0.1) is 5.82 Å². The number of benzene rings is 3. The maximum absolute atomic E-state index is 14.6. The lowest BCUT2D eigenvalue weighted by molar-refractivity contribution is -0.186. The lowest BCUT2D eigenvalue weighted by atomic mass is 10.1. The van der Waals surface area contributed by atoms with Gasteiger partial charge in [-0.3, -0.25) is 0 Å². The molecule has 3 nitrogen and oxygen atoms in total. The third-order valence-corrected chi connectivity index (χ3v) is 4.24. The van der Waals surface area contributed by atoms with Gasteiger partial charge in [0.2, 0.25) is 0 Å². The molecule has 0 fully saturated rings. The van der Waals surface area contributed by atoms with Gasteiger partial charge in [0.25, 0.3) is 0 Å².